The van der Waals surface area contributed by atoms with Gasteiger partial charge in [-0.2, -0.15) is 0 Å². The molecule has 1 heterocycles. The Hall–Kier alpha value is -1.69. The van der Waals surface area contributed by atoms with E-state index in [-0.39, 0.29) is 11.4 Å². The molecule has 17 heavy (non-hydrogen) atoms. The highest BCUT2D eigenvalue weighted by Crippen LogP contribution is 2.25. The Morgan fingerprint density at radius 3 is 2.94 bits per heavy atom. The summed E-state index contributed by atoms with van der Waals surface area (Å²) in [5.74, 6) is 4.36. The van der Waals surface area contributed by atoms with Crippen LogP contribution in [0.2, 0.25) is 0 Å². The van der Waals surface area contributed by atoms with Crippen LogP contribution in [0.15, 0.2) is 12.3 Å². The van der Waals surface area contributed by atoms with Crippen molar-refractivity contribution in [3.8, 4) is 0 Å². The number of halogens is 1. The Bertz CT molecular complexity index is 420. The summed E-state index contributed by atoms with van der Waals surface area (Å²) < 4.78 is 13.7. The predicted octanol–water partition coefficient (Wildman–Crippen LogP) is 1.04. The third kappa shape index (κ3) is 2.52. The summed E-state index contributed by atoms with van der Waals surface area (Å²) in [5.41, 5.74) is 2.08. The van der Waals surface area contributed by atoms with Gasteiger partial charge in [-0.25, -0.2) is 15.2 Å². The maximum Gasteiger partial charge on any atom is 0.254 e. The number of nitrogen functional groups attached to an aromatic ring is 1. The number of carbonyl (C=O) groups is 1. The number of hydrogen-bond donors (Lipinski definition) is 3. The van der Waals surface area contributed by atoms with Gasteiger partial charge in [-0.1, -0.05) is 6.42 Å². The van der Waals surface area contributed by atoms with Crippen molar-refractivity contribution in [1.82, 2.24) is 10.3 Å². The van der Waals surface area contributed by atoms with Crippen LogP contribution >= 0.6 is 0 Å². The minimum Gasteiger partial charge on any atom is -0.352 e. The first-order chi connectivity index (χ1) is 8.22. The molecule has 0 aromatic carbocycles. The van der Waals surface area contributed by atoms with Gasteiger partial charge in [-0.05, 0) is 24.8 Å². The summed E-state index contributed by atoms with van der Waals surface area (Å²) in [6, 6.07) is 1.34. The minimum atomic E-state index is -0.721. The summed E-state index contributed by atoms with van der Waals surface area (Å²) >= 11 is 0. The van der Waals surface area contributed by atoms with E-state index >= 15 is 0 Å². The van der Waals surface area contributed by atoms with Crippen molar-refractivity contribution >= 4 is 11.7 Å². The van der Waals surface area contributed by atoms with Gasteiger partial charge in [0.05, 0.1) is 5.56 Å². The number of nitrogens with one attached hydrogen (secondary N) is 2. The van der Waals surface area contributed by atoms with Crippen LogP contribution in [-0.4, -0.2) is 17.4 Å². The van der Waals surface area contributed by atoms with Crippen LogP contribution in [-0.2, 0) is 0 Å². The molecule has 0 saturated heterocycles. The van der Waals surface area contributed by atoms with Crippen molar-refractivity contribution < 1.29 is 9.18 Å². The van der Waals surface area contributed by atoms with Crippen LogP contribution in [0.5, 0.6) is 0 Å². The number of aromatic nitrogens is 1. The van der Waals surface area contributed by atoms with Gasteiger partial charge in [0.15, 0.2) is 11.6 Å². The number of carbonyl (C=O) groups excluding carboxylic acids is 1. The van der Waals surface area contributed by atoms with Crippen molar-refractivity contribution in [3.63, 3.8) is 0 Å². The van der Waals surface area contributed by atoms with Crippen LogP contribution in [0.4, 0.5) is 10.2 Å². The van der Waals surface area contributed by atoms with Crippen molar-refractivity contribution in [2.75, 3.05) is 12.0 Å². The van der Waals surface area contributed by atoms with E-state index in [1.165, 1.54) is 18.7 Å². The van der Waals surface area contributed by atoms with E-state index in [1.807, 2.05) is 0 Å². The molecule has 2 rings (SSSR count). The summed E-state index contributed by atoms with van der Waals surface area (Å²) in [7, 11) is 0. The molecule has 5 nitrogen and oxygen atoms in total. The van der Waals surface area contributed by atoms with Gasteiger partial charge in [-0.15, -0.1) is 0 Å². The van der Waals surface area contributed by atoms with Gasteiger partial charge in [0.2, 0.25) is 0 Å². The molecule has 0 bridgehead atoms. The van der Waals surface area contributed by atoms with Gasteiger partial charge in [0, 0.05) is 12.7 Å². The zero-order valence-corrected chi connectivity index (χ0v) is 9.37. The predicted molar refractivity (Wildman–Crippen MR) is 61.7 cm³/mol. The molecule has 6 heteroatoms. The molecule has 1 fully saturated rings. The van der Waals surface area contributed by atoms with Crippen molar-refractivity contribution in [2.45, 2.75) is 19.3 Å². The van der Waals surface area contributed by atoms with Gasteiger partial charge in [0.1, 0.15) is 0 Å². The SMILES string of the molecule is NNc1nccc(C(=O)NCC2CCC2)c1F. The number of nitrogens with zero attached hydrogens (tertiary/aromatic N) is 1. The van der Waals surface area contributed by atoms with Crippen LogP contribution in [0, 0.1) is 11.7 Å². The summed E-state index contributed by atoms with van der Waals surface area (Å²) in [6.45, 7) is 0.603. The number of pyridine rings is 1. The largest absolute Gasteiger partial charge is 0.352 e. The molecule has 0 aliphatic heterocycles. The fourth-order valence-corrected chi connectivity index (χ4v) is 1.75. The minimum absolute atomic E-state index is 0.0349. The Morgan fingerprint density at radius 2 is 2.35 bits per heavy atom. The lowest BCUT2D eigenvalue weighted by Crippen LogP contribution is -2.32. The lowest BCUT2D eigenvalue weighted by Gasteiger charge is -2.25. The number of anilines is 1. The molecule has 0 radical (unpaired) electrons. The number of hydrazine groups is 1. The Kier molecular flexibility index (Phi) is 3.53. The monoisotopic (exact) mass is 238 g/mol. The lowest BCUT2D eigenvalue weighted by molar-refractivity contribution is 0.0935. The van der Waals surface area contributed by atoms with Gasteiger partial charge in [0.25, 0.3) is 5.91 Å². The van der Waals surface area contributed by atoms with Crippen LogP contribution in [0.25, 0.3) is 0 Å². The Balaban J connectivity index is 2.02. The van der Waals surface area contributed by atoms with Gasteiger partial charge < -0.3 is 10.7 Å². The first-order valence-corrected chi connectivity index (χ1v) is 5.61. The molecular formula is C11H15FN4O. The molecule has 1 aromatic rings. The third-order valence-electron chi connectivity index (χ3n) is 3.05. The number of rotatable bonds is 4. The number of nitrogens with two attached hydrogens (primary N) is 1. The first kappa shape index (κ1) is 11.8. The van der Waals surface area contributed by atoms with Crippen molar-refractivity contribution in [1.29, 1.82) is 0 Å². The van der Waals surface area contributed by atoms with E-state index in [4.69, 9.17) is 5.84 Å². The second-order valence-corrected chi connectivity index (χ2v) is 4.17. The normalized spacial score (nSPS) is 15.2. The summed E-state index contributed by atoms with van der Waals surface area (Å²) in [4.78, 5) is 15.4. The molecule has 1 aliphatic rings. The smallest absolute Gasteiger partial charge is 0.254 e. The van der Waals surface area contributed by atoms with Crippen molar-refractivity contribution in [2.24, 2.45) is 11.8 Å². The maximum atomic E-state index is 13.7. The zero-order chi connectivity index (χ0) is 12.3. The molecule has 1 aliphatic carbocycles. The van der Waals surface area contributed by atoms with Gasteiger partial charge >= 0.3 is 0 Å². The molecule has 1 amide bonds. The topological polar surface area (TPSA) is 80.0 Å². The first-order valence-electron chi connectivity index (χ1n) is 5.61. The Labute approximate surface area is 98.6 Å². The average Bonchev–Trinajstić information content (AvgIpc) is 2.27. The maximum absolute atomic E-state index is 13.7. The molecule has 92 valence electrons. The van der Waals surface area contributed by atoms with Crippen LogP contribution in [0.1, 0.15) is 29.6 Å². The second-order valence-electron chi connectivity index (χ2n) is 4.17. The van der Waals surface area contributed by atoms with E-state index in [9.17, 15) is 9.18 Å². The summed E-state index contributed by atoms with van der Waals surface area (Å²) in [6.07, 6.45) is 4.82. The quantitative estimate of drug-likeness (QED) is 0.541. The van der Waals surface area contributed by atoms with Crippen LogP contribution in [0.3, 0.4) is 0 Å². The highest BCUT2D eigenvalue weighted by Gasteiger charge is 2.20. The second kappa shape index (κ2) is 5.09. The third-order valence-corrected chi connectivity index (χ3v) is 3.05. The number of amides is 1. The van der Waals surface area contributed by atoms with E-state index in [0.717, 1.165) is 12.8 Å². The standard InChI is InChI=1S/C11H15FN4O/c12-9-8(4-5-14-10(9)16-13)11(17)15-6-7-2-1-3-7/h4-5,7H,1-3,6,13H2,(H,14,16)(H,15,17). The van der Waals surface area contributed by atoms with E-state index in [1.54, 1.807) is 0 Å². The highest BCUT2D eigenvalue weighted by molar-refractivity contribution is 5.95. The zero-order valence-electron chi connectivity index (χ0n) is 9.37. The molecule has 0 spiro atoms. The van der Waals surface area contributed by atoms with E-state index in [0.29, 0.717) is 12.5 Å². The van der Waals surface area contributed by atoms with Crippen molar-refractivity contribution in [3.05, 3.63) is 23.6 Å². The molecule has 1 saturated carbocycles. The lowest BCUT2D eigenvalue weighted by atomic mass is 9.85. The molecule has 0 atom stereocenters. The Morgan fingerprint density at radius 1 is 1.59 bits per heavy atom. The molecule has 4 N–H and O–H groups in total. The molecule has 1 aromatic heterocycles. The fraction of sp³-hybridized carbons (Fsp3) is 0.455. The fourth-order valence-electron chi connectivity index (χ4n) is 1.75. The van der Waals surface area contributed by atoms with E-state index < -0.39 is 11.7 Å². The summed E-state index contributed by atoms with van der Waals surface area (Å²) in [5, 5.41) is 2.72. The van der Waals surface area contributed by atoms with Gasteiger partial charge in [-0.3, -0.25) is 4.79 Å². The van der Waals surface area contributed by atoms with E-state index in [2.05, 4.69) is 15.7 Å². The van der Waals surface area contributed by atoms with Crippen LogP contribution < -0.4 is 16.6 Å². The highest BCUT2D eigenvalue weighted by atomic mass is 19.1. The average molecular weight is 238 g/mol. The molecular weight excluding hydrogens is 223 g/mol. The molecule has 0 unspecified atom stereocenters. The number of hydrogen-bond acceptors (Lipinski definition) is 4.